The number of benzene rings is 2. The van der Waals surface area contributed by atoms with E-state index in [0.717, 1.165) is 0 Å². The smallest absolute Gasteiger partial charge is 0.255 e. The van der Waals surface area contributed by atoms with Gasteiger partial charge in [-0.05, 0) is 18.6 Å². The number of hydrogen-bond acceptors (Lipinski definition) is 8. The molecule has 2 aliphatic rings. The van der Waals surface area contributed by atoms with E-state index in [-0.39, 0.29) is 54.1 Å². The quantitative estimate of drug-likeness (QED) is 0.560. The number of nitrogens with zero attached hydrogens (tertiary/aromatic N) is 3. The molecule has 160 valence electrons. The van der Waals surface area contributed by atoms with Gasteiger partial charge in [0.1, 0.15) is 11.8 Å². The van der Waals surface area contributed by atoms with Gasteiger partial charge in [-0.25, -0.2) is 0 Å². The Morgan fingerprint density at radius 3 is 2.45 bits per heavy atom. The summed E-state index contributed by atoms with van der Waals surface area (Å²) in [5, 5.41) is 20.6. The van der Waals surface area contributed by atoms with Gasteiger partial charge in [0.2, 0.25) is 11.8 Å². The number of phenols is 1. The molecule has 0 aromatic heterocycles. The average Bonchev–Trinajstić information content (AvgIpc) is 3.09. The van der Waals surface area contributed by atoms with Crippen molar-refractivity contribution in [2.75, 3.05) is 14.2 Å². The summed E-state index contributed by atoms with van der Waals surface area (Å²) in [7, 11) is 2.87. The largest absolute Gasteiger partial charge is 0.508 e. The van der Waals surface area contributed by atoms with Crippen molar-refractivity contribution in [1.29, 1.82) is 0 Å². The number of methoxy groups -OCH3 is 2. The second kappa shape index (κ2) is 8.05. The van der Waals surface area contributed by atoms with Crippen molar-refractivity contribution in [3.63, 3.8) is 0 Å². The fourth-order valence-electron chi connectivity index (χ4n) is 3.75. The molecule has 1 unspecified atom stereocenters. The highest BCUT2D eigenvalue weighted by Gasteiger charge is 2.39. The molecule has 0 spiro atoms. The molecule has 1 fully saturated rings. The van der Waals surface area contributed by atoms with Gasteiger partial charge in [0.05, 0.1) is 19.9 Å². The number of aromatic hydroxyl groups is 1. The lowest BCUT2D eigenvalue weighted by atomic mass is 10.0. The zero-order chi connectivity index (χ0) is 22.1. The Labute approximate surface area is 177 Å². The van der Waals surface area contributed by atoms with E-state index in [1.165, 1.54) is 31.3 Å². The molecule has 10 heteroatoms. The lowest BCUT2D eigenvalue weighted by Crippen LogP contribution is -2.52. The average molecular weight is 424 g/mol. The number of phenolic OH excluding ortho intramolecular Hbond substituents is 1. The molecule has 1 atom stereocenters. The molecule has 0 saturated carbocycles. The number of hydrogen-bond donors (Lipinski definition) is 2. The number of ether oxygens (including phenoxy) is 2. The van der Waals surface area contributed by atoms with E-state index in [2.05, 4.69) is 15.5 Å². The van der Waals surface area contributed by atoms with Crippen LogP contribution in [0.5, 0.6) is 17.2 Å². The Bertz CT molecular complexity index is 1090. The first-order chi connectivity index (χ1) is 14.9. The summed E-state index contributed by atoms with van der Waals surface area (Å²) in [6, 6.07) is 7.14. The molecule has 0 aliphatic carbocycles. The molecule has 1 saturated heterocycles. The minimum atomic E-state index is -0.709. The minimum absolute atomic E-state index is 0.0428. The Morgan fingerprint density at radius 1 is 1.10 bits per heavy atom. The summed E-state index contributed by atoms with van der Waals surface area (Å²) < 4.78 is 10.5. The van der Waals surface area contributed by atoms with E-state index in [1.54, 1.807) is 18.2 Å². The molecule has 2 aromatic rings. The first-order valence-electron chi connectivity index (χ1n) is 9.56. The van der Waals surface area contributed by atoms with E-state index in [9.17, 15) is 19.5 Å². The summed E-state index contributed by atoms with van der Waals surface area (Å²) in [6.07, 6.45) is 0.465. The molecule has 3 amide bonds. The monoisotopic (exact) mass is 424 g/mol. The standard InChI is InChI=1S/C21H20N4O6/c1-30-16-8-11(26)9-17(31-2)19(16)24-23-14-5-3-4-12-13(14)10-25(21(12)29)15-6-7-18(27)22-20(15)28/h3-5,8-9,15,26H,6-7,10H2,1-2H3,(H,22,27,28). The lowest BCUT2D eigenvalue weighted by molar-refractivity contribution is -0.136. The zero-order valence-corrected chi connectivity index (χ0v) is 16.9. The molecule has 2 aromatic carbocycles. The molecule has 4 rings (SSSR count). The summed E-state index contributed by atoms with van der Waals surface area (Å²) in [5.74, 6) is -0.597. The van der Waals surface area contributed by atoms with E-state index in [4.69, 9.17) is 9.47 Å². The summed E-state index contributed by atoms with van der Waals surface area (Å²) in [5.41, 5.74) is 1.81. The number of piperidine rings is 1. The highest BCUT2D eigenvalue weighted by atomic mass is 16.5. The van der Waals surface area contributed by atoms with Crippen molar-refractivity contribution in [3.8, 4) is 17.2 Å². The van der Waals surface area contributed by atoms with Gasteiger partial charge in [-0.15, -0.1) is 10.2 Å². The Morgan fingerprint density at radius 2 is 1.81 bits per heavy atom. The summed E-state index contributed by atoms with van der Waals surface area (Å²) in [6.45, 7) is 0.180. The van der Waals surface area contributed by atoms with Crippen LogP contribution in [-0.2, 0) is 16.1 Å². The Kier molecular flexibility index (Phi) is 5.28. The van der Waals surface area contributed by atoms with Gasteiger partial charge in [-0.3, -0.25) is 19.7 Å². The third-order valence-corrected chi connectivity index (χ3v) is 5.28. The highest BCUT2D eigenvalue weighted by Crippen LogP contribution is 2.42. The van der Waals surface area contributed by atoms with Crippen molar-refractivity contribution >= 4 is 29.1 Å². The number of rotatable bonds is 5. The van der Waals surface area contributed by atoms with Crippen molar-refractivity contribution in [2.24, 2.45) is 10.2 Å². The van der Waals surface area contributed by atoms with Gasteiger partial charge in [0, 0.05) is 36.2 Å². The van der Waals surface area contributed by atoms with Crippen LogP contribution in [-0.4, -0.2) is 48.0 Å². The number of imide groups is 1. The van der Waals surface area contributed by atoms with Gasteiger partial charge >= 0.3 is 0 Å². The maximum absolute atomic E-state index is 12.9. The van der Waals surface area contributed by atoms with E-state index in [0.29, 0.717) is 16.8 Å². The molecule has 2 aliphatic heterocycles. The van der Waals surface area contributed by atoms with E-state index < -0.39 is 11.9 Å². The molecule has 2 heterocycles. The van der Waals surface area contributed by atoms with Crippen LogP contribution in [0.25, 0.3) is 0 Å². The van der Waals surface area contributed by atoms with Crippen molar-refractivity contribution in [3.05, 3.63) is 41.5 Å². The summed E-state index contributed by atoms with van der Waals surface area (Å²) >= 11 is 0. The number of carbonyl (C=O) groups is 3. The van der Waals surface area contributed by atoms with Gasteiger partial charge in [-0.1, -0.05) is 6.07 Å². The Balaban J connectivity index is 1.66. The maximum Gasteiger partial charge on any atom is 0.255 e. The summed E-state index contributed by atoms with van der Waals surface area (Å²) in [4.78, 5) is 38.0. The third-order valence-electron chi connectivity index (χ3n) is 5.28. The van der Waals surface area contributed by atoms with Gasteiger partial charge in [0.25, 0.3) is 5.91 Å². The van der Waals surface area contributed by atoms with Gasteiger partial charge in [-0.2, -0.15) is 0 Å². The predicted molar refractivity (Wildman–Crippen MR) is 108 cm³/mol. The predicted octanol–water partition coefficient (Wildman–Crippen LogP) is 2.59. The van der Waals surface area contributed by atoms with Crippen LogP contribution in [0.2, 0.25) is 0 Å². The molecule has 2 N–H and O–H groups in total. The fourth-order valence-corrected chi connectivity index (χ4v) is 3.75. The second-order valence-electron chi connectivity index (χ2n) is 7.10. The van der Waals surface area contributed by atoms with Crippen LogP contribution in [0.4, 0.5) is 11.4 Å². The van der Waals surface area contributed by atoms with Crippen LogP contribution in [0.1, 0.15) is 28.8 Å². The topological polar surface area (TPSA) is 130 Å². The molecule has 0 bridgehead atoms. The minimum Gasteiger partial charge on any atom is -0.508 e. The number of amides is 3. The maximum atomic E-state index is 12.9. The van der Waals surface area contributed by atoms with Crippen molar-refractivity contribution in [1.82, 2.24) is 10.2 Å². The van der Waals surface area contributed by atoms with Crippen LogP contribution in [0, 0.1) is 0 Å². The van der Waals surface area contributed by atoms with Crippen LogP contribution < -0.4 is 14.8 Å². The fraction of sp³-hybridized carbons (Fsp3) is 0.286. The van der Waals surface area contributed by atoms with Crippen molar-refractivity contribution < 1.29 is 29.0 Å². The molecular formula is C21H20N4O6. The third kappa shape index (κ3) is 3.67. The number of carbonyl (C=O) groups excluding carboxylic acids is 3. The van der Waals surface area contributed by atoms with E-state index >= 15 is 0 Å². The molecule has 31 heavy (non-hydrogen) atoms. The lowest BCUT2D eigenvalue weighted by Gasteiger charge is -2.29. The molecular weight excluding hydrogens is 404 g/mol. The first kappa shape index (κ1) is 20.3. The van der Waals surface area contributed by atoms with Crippen LogP contribution in [0.15, 0.2) is 40.6 Å². The molecule has 0 radical (unpaired) electrons. The first-order valence-corrected chi connectivity index (χ1v) is 9.56. The zero-order valence-electron chi connectivity index (χ0n) is 16.9. The normalized spacial score (nSPS) is 18.3. The SMILES string of the molecule is COc1cc(O)cc(OC)c1N=Nc1cccc2c1CN(C1CCC(=O)NC1=O)C2=O. The van der Waals surface area contributed by atoms with Crippen molar-refractivity contribution in [2.45, 2.75) is 25.4 Å². The van der Waals surface area contributed by atoms with Crippen LogP contribution >= 0.6 is 0 Å². The Hall–Kier alpha value is -3.95. The number of azo groups is 1. The number of nitrogens with one attached hydrogen (secondary N) is 1. The second-order valence-corrected chi connectivity index (χ2v) is 7.10. The number of fused-ring (bicyclic) bond motifs is 1. The van der Waals surface area contributed by atoms with E-state index in [1.807, 2.05) is 0 Å². The molecule has 10 nitrogen and oxygen atoms in total. The highest BCUT2D eigenvalue weighted by molar-refractivity contribution is 6.06. The van der Waals surface area contributed by atoms with Gasteiger partial charge in [0.15, 0.2) is 17.2 Å². The van der Waals surface area contributed by atoms with Crippen LogP contribution in [0.3, 0.4) is 0 Å². The van der Waals surface area contributed by atoms with Gasteiger partial charge < -0.3 is 19.5 Å².